The topological polar surface area (TPSA) is 140 Å². The minimum atomic E-state index is -3.96. The van der Waals surface area contributed by atoms with Gasteiger partial charge in [0.05, 0.1) is 34.5 Å². The van der Waals surface area contributed by atoms with Crippen LogP contribution >= 0.6 is 0 Å². The number of amides is 2. The highest BCUT2D eigenvalue weighted by Crippen LogP contribution is 2.49. The van der Waals surface area contributed by atoms with E-state index in [2.05, 4.69) is 35.7 Å². The monoisotopic (exact) mass is 618 g/mol. The Hall–Kier alpha value is -4.25. The van der Waals surface area contributed by atoms with Crippen LogP contribution < -0.4 is 5.32 Å². The largest absolute Gasteiger partial charge is 0.506 e. The first-order valence-electron chi connectivity index (χ1n) is 14.7. The predicted molar refractivity (Wildman–Crippen MR) is 170 cm³/mol. The van der Waals surface area contributed by atoms with Gasteiger partial charge in [-0.25, -0.2) is 17.4 Å². The van der Waals surface area contributed by atoms with E-state index < -0.39 is 32.5 Å². The first-order chi connectivity index (χ1) is 20.9. The van der Waals surface area contributed by atoms with Crippen LogP contribution in [0.5, 0.6) is 5.75 Å². The Kier molecular flexibility index (Phi) is 8.53. The number of dihydropyridines is 1. The second-order valence-corrected chi connectivity index (χ2v) is 14.2. The standard InChI is InChI=1S/C33H38N4O6S/c1-6-11-33(12-13-33)44(41,42)37-19-28(38)30-25(31(39)35-18-26-29(43-5)14-21(4)36-32(26)40)15-23(16-27(30)37)22-8-10-24(34-17-22)9-7-20(2)3/h6,8,10,14-17,19-20,26,38H,1,7,9,11-13,18H2,2-5H3,(H,35,39). The van der Waals surface area contributed by atoms with Gasteiger partial charge in [0.2, 0.25) is 10.0 Å². The van der Waals surface area contributed by atoms with Crippen molar-refractivity contribution in [3.05, 3.63) is 72.4 Å². The van der Waals surface area contributed by atoms with Crippen molar-refractivity contribution in [2.75, 3.05) is 13.7 Å². The van der Waals surface area contributed by atoms with Gasteiger partial charge in [0.15, 0.2) is 0 Å². The number of carbonyl (C=O) groups is 2. The Bertz CT molecular complexity index is 1800. The molecule has 3 aromatic rings. The number of fused-ring (bicyclic) bond motifs is 1. The van der Waals surface area contributed by atoms with Crippen molar-refractivity contribution in [3.63, 3.8) is 0 Å². The van der Waals surface area contributed by atoms with E-state index in [1.807, 2.05) is 12.1 Å². The number of methoxy groups -OCH3 is 1. The van der Waals surface area contributed by atoms with Crippen molar-refractivity contribution in [3.8, 4) is 16.9 Å². The fourth-order valence-electron chi connectivity index (χ4n) is 5.61. The number of benzene rings is 1. The van der Waals surface area contributed by atoms with Crippen LogP contribution in [0.4, 0.5) is 0 Å². The van der Waals surface area contributed by atoms with Gasteiger partial charge in [-0.15, -0.1) is 6.58 Å². The summed E-state index contributed by atoms with van der Waals surface area (Å²) in [6.45, 7) is 9.62. The van der Waals surface area contributed by atoms with Gasteiger partial charge >= 0.3 is 0 Å². The lowest BCUT2D eigenvalue weighted by Gasteiger charge is -2.20. The summed E-state index contributed by atoms with van der Waals surface area (Å²) in [5, 5.41) is 13.9. The number of aromatic nitrogens is 2. The summed E-state index contributed by atoms with van der Waals surface area (Å²) in [6.07, 6.45) is 9.14. The minimum absolute atomic E-state index is 0.0623. The number of carbonyl (C=O) groups excluding carboxylic acids is 2. The summed E-state index contributed by atoms with van der Waals surface area (Å²) in [6, 6.07) is 7.08. The highest BCUT2D eigenvalue weighted by atomic mass is 32.2. The molecular weight excluding hydrogens is 580 g/mol. The molecule has 232 valence electrons. The highest BCUT2D eigenvalue weighted by molar-refractivity contribution is 7.91. The lowest BCUT2D eigenvalue weighted by Crippen LogP contribution is -2.35. The second-order valence-electron chi connectivity index (χ2n) is 12.0. The van der Waals surface area contributed by atoms with Crippen LogP contribution in [0.2, 0.25) is 0 Å². The molecule has 1 unspecified atom stereocenters. The Labute approximate surface area is 257 Å². The molecule has 2 aliphatic rings. The van der Waals surface area contributed by atoms with Gasteiger partial charge in [-0.2, -0.15) is 0 Å². The fourth-order valence-corrected chi connectivity index (χ4v) is 7.61. The molecule has 1 aliphatic heterocycles. The molecular formula is C33H38N4O6S. The van der Waals surface area contributed by atoms with Gasteiger partial charge in [-0.05, 0) is 74.8 Å². The van der Waals surface area contributed by atoms with Crippen LogP contribution in [0.3, 0.4) is 0 Å². The Morgan fingerprint density at radius 2 is 2.02 bits per heavy atom. The summed E-state index contributed by atoms with van der Waals surface area (Å²) in [5.74, 6) is -1.28. The first-order valence-corrected chi connectivity index (χ1v) is 16.2. The summed E-state index contributed by atoms with van der Waals surface area (Å²) >= 11 is 0. The van der Waals surface area contributed by atoms with E-state index in [1.165, 1.54) is 7.11 Å². The average molecular weight is 619 g/mol. The molecule has 2 N–H and O–H groups in total. The van der Waals surface area contributed by atoms with Gasteiger partial charge in [-0.3, -0.25) is 14.6 Å². The zero-order chi connectivity index (χ0) is 31.8. The number of hydrogen-bond acceptors (Lipinski definition) is 7. The van der Waals surface area contributed by atoms with Crippen LogP contribution in [0, 0.1) is 11.8 Å². The first kappa shape index (κ1) is 31.2. The Balaban J connectivity index is 1.58. The molecule has 0 saturated heterocycles. The maximum atomic E-state index is 13.9. The van der Waals surface area contributed by atoms with E-state index in [0.717, 1.165) is 28.7 Å². The molecule has 3 heterocycles. The molecule has 11 heteroatoms. The van der Waals surface area contributed by atoms with Crippen LogP contribution in [-0.4, -0.2) is 58.4 Å². The SMILES string of the molecule is C=CCC1(S(=O)(=O)n2cc(O)c3c(C(=O)NCC4C(=O)N=C(C)C=C4OC)cc(-c4ccc(CCC(C)C)nc4)cc32)CC1. The zero-order valence-electron chi connectivity index (χ0n) is 25.5. The van der Waals surface area contributed by atoms with Crippen molar-refractivity contribution >= 4 is 38.5 Å². The molecule has 10 nitrogen and oxygen atoms in total. The van der Waals surface area contributed by atoms with Crippen molar-refractivity contribution in [2.45, 2.75) is 57.6 Å². The molecule has 1 atom stereocenters. The number of pyridine rings is 1. The molecule has 1 aromatic carbocycles. The van der Waals surface area contributed by atoms with E-state index in [9.17, 15) is 23.1 Å². The third-order valence-electron chi connectivity index (χ3n) is 8.34. The predicted octanol–water partition coefficient (Wildman–Crippen LogP) is 5.16. The smallest absolute Gasteiger partial charge is 0.258 e. The second kappa shape index (κ2) is 12.0. The highest BCUT2D eigenvalue weighted by Gasteiger charge is 2.54. The number of hydrogen-bond donors (Lipinski definition) is 2. The number of ether oxygens (including phenoxy) is 1. The third kappa shape index (κ3) is 5.80. The van der Waals surface area contributed by atoms with Crippen LogP contribution in [-0.2, 0) is 26.0 Å². The van der Waals surface area contributed by atoms with Crippen molar-refractivity contribution in [1.82, 2.24) is 14.3 Å². The number of aliphatic imine (C=N–C) groups is 1. The van der Waals surface area contributed by atoms with Gasteiger partial charge in [0.25, 0.3) is 11.8 Å². The summed E-state index contributed by atoms with van der Waals surface area (Å²) in [4.78, 5) is 35.0. The van der Waals surface area contributed by atoms with Gasteiger partial charge < -0.3 is 15.2 Å². The number of rotatable bonds is 12. The number of aryl methyl sites for hydroxylation is 1. The van der Waals surface area contributed by atoms with E-state index in [0.29, 0.717) is 41.4 Å². The Morgan fingerprint density at radius 3 is 2.64 bits per heavy atom. The van der Waals surface area contributed by atoms with E-state index in [4.69, 9.17) is 4.74 Å². The van der Waals surface area contributed by atoms with Crippen molar-refractivity contribution in [1.29, 1.82) is 0 Å². The molecule has 0 bridgehead atoms. The summed E-state index contributed by atoms with van der Waals surface area (Å²) in [5.41, 5.74) is 2.92. The van der Waals surface area contributed by atoms with E-state index in [-0.39, 0.29) is 35.2 Å². The molecule has 1 fully saturated rings. The molecule has 5 rings (SSSR count). The van der Waals surface area contributed by atoms with Crippen LogP contribution in [0.1, 0.15) is 62.5 Å². The Morgan fingerprint density at radius 1 is 1.27 bits per heavy atom. The van der Waals surface area contributed by atoms with Crippen LogP contribution in [0.25, 0.3) is 22.0 Å². The number of allylic oxidation sites excluding steroid dienone is 2. The zero-order valence-corrected chi connectivity index (χ0v) is 26.3. The molecule has 2 amide bonds. The maximum Gasteiger partial charge on any atom is 0.258 e. The van der Waals surface area contributed by atoms with Crippen molar-refractivity contribution < 1.29 is 27.9 Å². The van der Waals surface area contributed by atoms with Crippen LogP contribution in [0.15, 0.2) is 66.1 Å². The van der Waals surface area contributed by atoms with Gasteiger partial charge in [0.1, 0.15) is 17.4 Å². The maximum absolute atomic E-state index is 13.9. The lowest BCUT2D eigenvalue weighted by atomic mass is 9.99. The average Bonchev–Trinajstić information content (AvgIpc) is 3.71. The van der Waals surface area contributed by atoms with E-state index in [1.54, 1.807) is 37.4 Å². The molecule has 44 heavy (non-hydrogen) atoms. The number of aromatic hydroxyl groups is 1. The van der Waals surface area contributed by atoms with Gasteiger partial charge in [0, 0.05) is 29.7 Å². The fraction of sp³-hybridized carbons (Fsp3) is 0.394. The number of nitrogens with zero attached hydrogens (tertiary/aromatic N) is 3. The minimum Gasteiger partial charge on any atom is -0.506 e. The number of nitrogens with one attached hydrogen (secondary N) is 1. The van der Waals surface area contributed by atoms with Crippen molar-refractivity contribution in [2.24, 2.45) is 16.8 Å². The normalized spacial score (nSPS) is 17.8. The van der Waals surface area contributed by atoms with E-state index >= 15 is 0 Å². The summed E-state index contributed by atoms with van der Waals surface area (Å²) < 4.78 is 33.3. The third-order valence-corrected chi connectivity index (χ3v) is 10.8. The molecule has 0 spiro atoms. The molecule has 1 saturated carbocycles. The molecule has 2 aromatic heterocycles. The lowest BCUT2D eigenvalue weighted by molar-refractivity contribution is -0.121. The van der Waals surface area contributed by atoms with Gasteiger partial charge in [-0.1, -0.05) is 26.0 Å². The molecule has 0 radical (unpaired) electrons. The molecule has 1 aliphatic carbocycles. The summed E-state index contributed by atoms with van der Waals surface area (Å²) in [7, 11) is -2.51. The quantitative estimate of drug-likeness (QED) is 0.267.